The van der Waals surface area contributed by atoms with Gasteiger partial charge in [-0.3, -0.25) is 4.79 Å². The maximum atomic E-state index is 12.3. The molecule has 0 radical (unpaired) electrons. The fourth-order valence-corrected chi connectivity index (χ4v) is 3.82. The van der Waals surface area contributed by atoms with Crippen LogP contribution in [0.25, 0.3) is 0 Å². The number of carbonyl (C=O) groups excluding carboxylic acids is 1. The molecular formula is C19H18ClN3OS. The number of anilines is 1. The minimum atomic E-state index is -0.140. The Morgan fingerprint density at radius 2 is 2.20 bits per heavy atom. The summed E-state index contributed by atoms with van der Waals surface area (Å²) >= 11 is 7.38. The molecule has 0 bridgehead atoms. The number of pyridine rings is 1. The van der Waals surface area contributed by atoms with Crippen LogP contribution >= 0.6 is 23.4 Å². The second kappa shape index (κ2) is 7.90. The van der Waals surface area contributed by atoms with Crippen molar-refractivity contribution < 1.29 is 4.79 Å². The quantitative estimate of drug-likeness (QED) is 0.802. The first-order valence-corrected chi connectivity index (χ1v) is 9.55. The molecule has 1 aliphatic carbocycles. The van der Waals surface area contributed by atoms with E-state index in [0.717, 1.165) is 36.9 Å². The lowest BCUT2D eigenvalue weighted by atomic mass is 9.95. The number of hydrogen-bond donors (Lipinski definition) is 1. The maximum absolute atomic E-state index is 12.3. The number of amides is 1. The van der Waals surface area contributed by atoms with Crippen LogP contribution in [-0.4, -0.2) is 16.6 Å². The van der Waals surface area contributed by atoms with Gasteiger partial charge < -0.3 is 5.32 Å². The summed E-state index contributed by atoms with van der Waals surface area (Å²) in [6.07, 6.45) is 4.21. The van der Waals surface area contributed by atoms with Gasteiger partial charge in [0.05, 0.1) is 11.3 Å². The molecule has 0 saturated heterocycles. The topological polar surface area (TPSA) is 65.8 Å². The molecule has 1 aromatic carbocycles. The van der Waals surface area contributed by atoms with Crippen molar-refractivity contribution >= 4 is 35.0 Å². The number of halogens is 1. The van der Waals surface area contributed by atoms with Crippen LogP contribution in [0.15, 0.2) is 29.3 Å². The Balaban J connectivity index is 1.70. The van der Waals surface area contributed by atoms with Gasteiger partial charge in [0.1, 0.15) is 11.1 Å². The lowest BCUT2D eigenvalue weighted by Crippen LogP contribution is -2.15. The summed E-state index contributed by atoms with van der Waals surface area (Å²) in [6.45, 7) is 1.86. The van der Waals surface area contributed by atoms with E-state index in [1.165, 1.54) is 17.3 Å². The van der Waals surface area contributed by atoms with E-state index in [4.69, 9.17) is 11.6 Å². The first kappa shape index (κ1) is 17.8. The van der Waals surface area contributed by atoms with E-state index in [1.54, 1.807) is 12.1 Å². The molecule has 1 amide bonds. The minimum absolute atomic E-state index is 0.140. The van der Waals surface area contributed by atoms with Crippen molar-refractivity contribution in [1.29, 1.82) is 5.26 Å². The molecule has 6 heteroatoms. The van der Waals surface area contributed by atoms with E-state index >= 15 is 0 Å². The molecular weight excluding hydrogens is 354 g/mol. The van der Waals surface area contributed by atoms with Gasteiger partial charge in [-0.25, -0.2) is 4.98 Å². The molecule has 1 heterocycles. The summed E-state index contributed by atoms with van der Waals surface area (Å²) in [5.74, 6) is 0.0608. The molecule has 1 N–H and O–H groups in total. The normalized spacial score (nSPS) is 13.0. The van der Waals surface area contributed by atoms with Crippen molar-refractivity contribution in [2.45, 2.75) is 37.6 Å². The maximum Gasteiger partial charge on any atom is 0.234 e. The predicted octanol–water partition coefficient (Wildman–Crippen LogP) is 4.52. The largest absolute Gasteiger partial charge is 0.325 e. The van der Waals surface area contributed by atoms with Gasteiger partial charge in [-0.2, -0.15) is 5.26 Å². The Morgan fingerprint density at radius 1 is 1.40 bits per heavy atom. The summed E-state index contributed by atoms with van der Waals surface area (Å²) in [7, 11) is 0. The summed E-state index contributed by atoms with van der Waals surface area (Å²) in [5, 5.41) is 13.5. The monoisotopic (exact) mass is 371 g/mol. The van der Waals surface area contributed by atoms with E-state index in [0.29, 0.717) is 21.3 Å². The fraction of sp³-hybridized carbons (Fsp3) is 0.316. The van der Waals surface area contributed by atoms with Crippen LogP contribution in [0.4, 0.5) is 5.69 Å². The zero-order chi connectivity index (χ0) is 17.8. The molecule has 0 spiro atoms. The summed E-state index contributed by atoms with van der Waals surface area (Å²) in [5.41, 5.74) is 4.34. The standard InChI is InChI=1S/C19H18ClN3OS/c1-12-15(20)6-4-8-16(12)22-18(24)11-25-19-14(10-21)9-13-5-2-3-7-17(13)23-19/h4,6,8-9H,2-3,5,7,11H2,1H3,(H,22,24). The third-order valence-corrected chi connectivity index (χ3v) is 5.67. The summed E-state index contributed by atoms with van der Waals surface area (Å²) in [4.78, 5) is 16.9. The summed E-state index contributed by atoms with van der Waals surface area (Å²) in [6, 6.07) is 9.55. The predicted molar refractivity (Wildman–Crippen MR) is 101 cm³/mol. The Bertz CT molecular complexity index is 860. The molecule has 1 aliphatic rings. The number of nitrogens with zero attached hydrogens (tertiary/aromatic N) is 2. The van der Waals surface area contributed by atoms with E-state index in [1.807, 2.05) is 19.1 Å². The van der Waals surface area contributed by atoms with Gasteiger partial charge >= 0.3 is 0 Å². The van der Waals surface area contributed by atoms with Crippen LogP contribution < -0.4 is 5.32 Å². The van der Waals surface area contributed by atoms with Gasteiger partial charge in [-0.15, -0.1) is 0 Å². The highest BCUT2D eigenvalue weighted by Gasteiger charge is 2.16. The second-order valence-corrected chi connectivity index (χ2v) is 7.39. The number of aromatic nitrogens is 1. The van der Waals surface area contributed by atoms with Gasteiger partial charge in [0.25, 0.3) is 0 Å². The van der Waals surface area contributed by atoms with Crippen molar-refractivity contribution in [2.75, 3.05) is 11.1 Å². The van der Waals surface area contributed by atoms with Gasteiger partial charge in [-0.05, 0) is 61.9 Å². The molecule has 1 aromatic heterocycles. The molecule has 128 valence electrons. The molecule has 0 saturated carbocycles. The Morgan fingerprint density at radius 3 is 3.00 bits per heavy atom. The number of nitrogens with one attached hydrogen (secondary N) is 1. The van der Waals surface area contributed by atoms with Crippen molar-refractivity contribution in [1.82, 2.24) is 4.98 Å². The van der Waals surface area contributed by atoms with Crippen molar-refractivity contribution in [2.24, 2.45) is 0 Å². The van der Waals surface area contributed by atoms with Crippen molar-refractivity contribution in [3.63, 3.8) is 0 Å². The van der Waals surface area contributed by atoms with Gasteiger partial charge in [-0.1, -0.05) is 29.4 Å². The molecule has 0 aliphatic heterocycles. The second-order valence-electron chi connectivity index (χ2n) is 6.02. The van der Waals surface area contributed by atoms with Crippen LogP contribution in [0.2, 0.25) is 5.02 Å². The molecule has 4 nitrogen and oxygen atoms in total. The van der Waals surface area contributed by atoms with E-state index in [2.05, 4.69) is 16.4 Å². The van der Waals surface area contributed by atoms with Crippen molar-refractivity contribution in [3.8, 4) is 6.07 Å². The molecule has 0 fully saturated rings. The molecule has 0 unspecified atom stereocenters. The SMILES string of the molecule is Cc1c(Cl)cccc1NC(=O)CSc1nc2c(cc1C#N)CCCC2. The zero-order valence-corrected chi connectivity index (χ0v) is 15.5. The number of fused-ring (bicyclic) bond motifs is 1. The lowest BCUT2D eigenvalue weighted by Gasteiger charge is -2.16. The molecule has 25 heavy (non-hydrogen) atoms. The highest BCUT2D eigenvalue weighted by molar-refractivity contribution is 8.00. The van der Waals surface area contributed by atoms with Crippen LogP contribution in [0.3, 0.4) is 0 Å². The number of benzene rings is 1. The average Bonchev–Trinajstić information content (AvgIpc) is 2.63. The summed E-state index contributed by atoms with van der Waals surface area (Å²) < 4.78 is 0. The van der Waals surface area contributed by atoms with Crippen LogP contribution in [-0.2, 0) is 17.6 Å². The first-order chi connectivity index (χ1) is 12.1. The Hall–Kier alpha value is -2.03. The number of carbonyl (C=O) groups is 1. The van der Waals surface area contributed by atoms with Crippen LogP contribution in [0.1, 0.15) is 35.2 Å². The minimum Gasteiger partial charge on any atom is -0.325 e. The smallest absolute Gasteiger partial charge is 0.234 e. The number of hydrogen-bond acceptors (Lipinski definition) is 4. The third kappa shape index (κ3) is 4.15. The number of thioether (sulfide) groups is 1. The zero-order valence-electron chi connectivity index (χ0n) is 13.9. The van der Waals surface area contributed by atoms with Gasteiger partial charge in [0, 0.05) is 16.4 Å². The van der Waals surface area contributed by atoms with Crippen LogP contribution in [0.5, 0.6) is 0 Å². The molecule has 3 rings (SSSR count). The number of nitriles is 1. The first-order valence-electron chi connectivity index (χ1n) is 8.19. The fourth-order valence-electron chi connectivity index (χ4n) is 2.87. The van der Waals surface area contributed by atoms with Crippen LogP contribution in [0, 0.1) is 18.3 Å². The van der Waals surface area contributed by atoms with Gasteiger partial charge in [0.15, 0.2) is 0 Å². The lowest BCUT2D eigenvalue weighted by molar-refractivity contribution is -0.113. The Labute approximate surface area is 156 Å². The van der Waals surface area contributed by atoms with E-state index in [9.17, 15) is 10.1 Å². The molecule has 2 aromatic rings. The van der Waals surface area contributed by atoms with Gasteiger partial charge in [0.2, 0.25) is 5.91 Å². The van der Waals surface area contributed by atoms with E-state index < -0.39 is 0 Å². The third-order valence-electron chi connectivity index (χ3n) is 4.27. The number of rotatable bonds is 4. The Kier molecular flexibility index (Phi) is 5.62. The van der Waals surface area contributed by atoms with Crippen molar-refractivity contribution in [3.05, 3.63) is 51.7 Å². The van der Waals surface area contributed by atoms with E-state index in [-0.39, 0.29) is 11.7 Å². The average molecular weight is 372 g/mol. The number of aryl methyl sites for hydroxylation is 2. The highest BCUT2D eigenvalue weighted by atomic mass is 35.5. The highest BCUT2D eigenvalue weighted by Crippen LogP contribution is 2.28. The molecule has 0 atom stereocenters.